The van der Waals surface area contributed by atoms with Gasteiger partial charge >= 0.3 is 0 Å². The summed E-state index contributed by atoms with van der Waals surface area (Å²) in [5.41, 5.74) is 7.85. The fourth-order valence-corrected chi connectivity index (χ4v) is 1.55. The second kappa shape index (κ2) is 3.93. The standard InChI is InChI=1S/C12H16N2O/c1-8-7-10(5-6-11(8)15-2)14-12(13)9-3-4-9/h5-7,9H,3-4H2,1-2H3,(H2,13,14). The maximum Gasteiger partial charge on any atom is 0.121 e. The number of aryl methyl sites for hydroxylation is 1. The van der Waals surface area contributed by atoms with Gasteiger partial charge in [0.15, 0.2) is 0 Å². The van der Waals surface area contributed by atoms with E-state index in [-0.39, 0.29) is 0 Å². The lowest BCUT2D eigenvalue weighted by atomic mass is 10.2. The van der Waals surface area contributed by atoms with Crippen molar-refractivity contribution in [3.05, 3.63) is 23.8 Å². The average molecular weight is 204 g/mol. The van der Waals surface area contributed by atoms with Gasteiger partial charge in [-0.25, -0.2) is 4.99 Å². The molecule has 1 aromatic rings. The molecule has 3 nitrogen and oxygen atoms in total. The molecule has 0 radical (unpaired) electrons. The van der Waals surface area contributed by atoms with Crippen molar-refractivity contribution in [1.82, 2.24) is 0 Å². The molecule has 80 valence electrons. The van der Waals surface area contributed by atoms with Crippen LogP contribution in [0.3, 0.4) is 0 Å². The summed E-state index contributed by atoms with van der Waals surface area (Å²) >= 11 is 0. The smallest absolute Gasteiger partial charge is 0.121 e. The summed E-state index contributed by atoms with van der Waals surface area (Å²) in [5.74, 6) is 2.17. The van der Waals surface area contributed by atoms with E-state index in [0.717, 1.165) is 22.8 Å². The third-order valence-electron chi connectivity index (χ3n) is 2.63. The quantitative estimate of drug-likeness (QED) is 0.607. The first-order valence-corrected chi connectivity index (χ1v) is 5.19. The van der Waals surface area contributed by atoms with E-state index in [4.69, 9.17) is 10.5 Å². The molecule has 0 aliphatic heterocycles. The lowest BCUT2D eigenvalue weighted by Crippen LogP contribution is -2.12. The van der Waals surface area contributed by atoms with E-state index in [2.05, 4.69) is 4.99 Å². The molecule has 1 aliphatic carbocycles. The molecule has 1 saturated carbocycles. The fraction of sp³-hybridized carbons (Fsp3) is 0.417. The molecule has 0 amide bonds. The molecule has 0 saturated heterocycles. The largest absolute Gasteiger partial charge is 0.496 e. The summed E-state index contributed by atoms with van der Waals surface area (Å²) < 4.78 is 5.19. The van der Waals surface area contributed by atoms with Crippen LogP contribution in [0.1, 0.15) is 18.4 Å². The number of hydrogen-bond acceptors (Lipinski definition) is 2. The van der Waals surface area contributed by atoms with Crippen LogP contribution in [0.5, 0.6) is 5.75 Å². The highest BCUT2D eigenvalue weighted by Gasteiger charge is 2.25. The van der Waals surface area contributed by atoms with Gasteiger partial charge in [-0.2, -0.15) is 0 Å². The molecule has 15 heavy (non-hydrogen) atoms. The van der Waals surface area contributed by atoms with Crippen LogP contribution < -0.4 is 10.5 Å². The molecule has 1 aliphatic rings. The Labute approximate surface area is 90.0 Å². The molecular formula is C12H16N2O. The first-order valence-electron chi connectivity index (χ1n) is 5.19. The number of rotatable bonds is 3. The summed E-state index contributed by atoms with van der Waals surface area (Å²) in [6.45, 7) is 2.01. The zero-order valence-corrected chi connectivity index (χ0v) is 9.16. The van der Waals surface area contributed by atoms with Crippen LogP contribution in [0.25, 0.3) is 0 Å². The lowest BCUT2D eigenvalue weighted by molar-refractivity contribution is 0.412. The predicted octanol–water partition coefficient (Wildman–Crippen LogP) is 2.40. The van der Waals surface area contributed by atoms with Crippen LogP contribution >= 0.6 is 0 Å². The van der Waals surface area contributed by atoms with Gasteiger partial charge in [0.05, 0.1) is 12.8 Å². The minimum Gasteiger partial charge on any atom is -0.496 e. The van der Waals surface area contributed by atoms with Crippen molar-refractivity contribution in [2.24, 2.45) is 16.6 Å². The highest BCUT2D eigenvalue weighted by atomic mass is 16.5. The number of hydrogen-bond donors (Lipinski definition) is 1. The number of amidine groups is 1. The van der Waals surface area contributed by atoms with E-state index in [9.17, 15) is 0 Å². The molecule has 0 unspecified atom stereocenters. The predicted molar refractivity (Wildman–Crippen MR) is 61.7 cm³/mol. The summed E-state index contributed by atoms with van der Waals surface area (Å²) in [6, 6.07) is 5.85. The average Bonchev–Trinajstić information content (AvgIpc) is 3.01. The molecule has 0 bridgehead atoms. The van der Waals surface area contributed by atoms with Gasteiger partial charge in [-0.15, -0.1) is 0 Å². The third kappa shape index (κ3) is 2.29. The third-order valence-corrected chi connectivity index (χ3v) is 2.63. The number of nitrogens with two attached hydrogens (primary N) is 1. The van der Waals surface area contributed by atoms with Crippen LogP contribution in [0.4, 0.5) is 5.69 Å². The van der Waals surface area contributed by atoms with Gasteiger partial charge in [-0.05, 0) is 43.5 Å². The molecule has 1 fully saturated rings. The molecule has 0 aromatic heterocycles. The van der Waals surface area contributed by atoms with E-state index < -0.39 is 0 Å². The second-order valence-electron chi connectivity index (χ2n) is 3.96. The van der Waals surface area contributed by atoms with Crippen molar-refractivity contribution >= 4 is 11.5 Å². The Kier molecular flexibility index (Phi) is 2.62. The molecule has 2 N–H and O–H groups in total. The Morgan fingerprint density at radius 2 is 2.20 bits per heavy atom. The number of ether oxygens (including phenoxy) is 1. The highest BCUT2D eigenvalue weighted by Crippen LogP contribution is 2.31. The van der Waals surface area contributed by atoms with Gasteiger partial charge in [-0.3, -0.25) is 0 Å². The Morgan fingerprint density at radius 1 is 1.47 bits per heavy atom. The van der Waals surface area contributed by atoms with Crippen LogP contribution in [0.15, 0.2) is 23.2 Å². The van der Waals surface area contributed by atoms with Gasteiger partial charge in [0, 0.05) is 5.92 Å². The topological polar surface area (TPSA) is 47.6 Å². The summed E-state index contributed by atoms with van der Waals surface area (Å²) in [6.07, 6.45) is 2.37. The minimum atomic E-state index is 0.521. The maximum absolute atomic E-state index is 5.85. The van der Waals surface area contributed by atoms with Crippen molar-refractivity contribution in [3.63, 3.8) is 0 Å². The molecule has 1 aromatic carbocycles. The number of aliphatic imine (C=N–C) groups is 1. The van der Waals surface area contributed by atoms with Crippen LogP contribution in [-0.4, -0.2) is 12.9 Å². The van der Waals surface area contributed by atoms with E-state index in [1.807, 2.05) is 25.1 Å². The maximum atomic E-state index is 5.85. The first kappa shape index (κ1) is 10.0. The summed E-state index contributed by atoms with van der Waals surface area (Å²) in [5, 5.41) is 0. The minimum absolute atomic E-state index is 0.521. The Hall–Kier alpha value is -1.51. The van der Waals surface area contributed by atoms with Gasteiger partial charge < -0.3 is 10.5 Å². The van der Waals surface area contributed by atoms with Gasteiger partial charge in [-0.1, -0.05) is 0 Å². The molecular weight excluding hydrogens is 188 g/mol. The van der Waals surface area contributed by atoms with Crippen molar-refractivity contribution < 1.29 is 4.74 Å². The Bertz CT molecular complexity index is 395. The Morgan fingerprint density at radius 3 is 2.73 bits per heavy atom. The number of benzene rings is 1. The van der Waals surface area contributed by atoms with E-state index in [1.165, 1.54) is 12.8 Å². The monoisotopic (exact) mass is 204 g/mol. The lowest BCUT2D eigenvalue weighted by Gasteiger charge is -2.05. The van der Waals surface area contributed by atoms with Gasteiger partial charge in [0.25, 0.3) is 0 Å². The molecule has 3 heteroatoms. The summed E-state index contributed by atoms with van der Waals surface area (Å²) in [4.78, 5) is 4.40. The van der Waals surface area contributed by atoms with Crippen molar-refractivity contribution in [3.8, 4) is 5.75 Å². The van der Waals surface area contributed by atoms with Crippen LogP contribution in [-0.2, 0) is 0 Å². The zero-order valence-electron chi connectivity index (χ0n) is 9.16. The molecule has 0 atom stereocenters. The van der Waals surface area contributed by atoms with Gasteiger partial charge in [0.2, 0.25) is 0 Å². The number of methoxy groups -OCH3 is 1. The normalized spacial score (nSPS) is 16.5. The highest BCUT2D eigenvalue weighted by molar-refractivity contribution is 5.87. The van der Waals surface area contributed by atoms with Crippen LogP contribution in [0, 0.1) is 12.8 Å². The summed E-state index contributed by atoms with van der Waals surface area (Å²) in [7, 11) is 1.67. The van der Waals surface area contributed by atoms with Crippen molar-refractivity contribution in [1.29, 1.82) is 0 Å². The van der Waals surface area contributed by atoms with E-state index in [1.54, 1.807) is 7.11 Å². The van der Waals surface area contributed by atoms with Crippen molar-refractivity contribution in [2.45, 2.75) is 19.8 Å². The van der Waals surface area contributed by atoms with Crippen LogP contribution in [0.2, 0.25) is 0 Å². The first-order chi connectivity index (χ1) is 7.20. The molecule has 2 rings (SSSR count). The van der Waals surface area contributed by atoms with Gasteiger partial charge in [0.1, 0.15) is 11.6 Å². The second-order valence-corrected chi connectivity index (χ2v) is 3.96. The van der Waals surface area contributed by atoms with E-state index >= 15 is 0 Å². The fourth-order valence-electron chi connectivity index (χ4n) is 1.55. The SMILES string of the molecule is COc1ccc(N=C(N)C2CC2)cc1C. The van der Waals surface area contributed by atoms with Crippen molar-refractivity contribution in [2.75, 3.05) is 7.11 Å². The van der Waals surface area contributed by atoms with E-state index in [0.29, 0.717) is 5.92 Å². The zero-order chi connectivity index (χ0) is 10.8. The molecule has 0 heterocycles. The number of nitrogens with zero attached hydrogens (tertiary/aromatic N) is 1. The molecule has 0 spiro atoms. The Balaban J connectivity index is 2.22.